The third-order valence-electron chi connectivity index (χ3n) is 3.28. The number of aryl methyl sites for hydroxylation is 1. The van der Waals surface area contributed by atoms with E-state index in [-0.39, 0.29) is 0 Å². The van der Waals surface area contributed by atoms with Gasteiger partial charge in [0, 0.05) is 7.05 Å². The molecule has 0 aliphatic carbocycles. The Kier molecular flexibility index (Phi) is 6.19. The van der Waals surface area contributed by atoms with E-state index in [2.05, 4.69) is 36.4 Å². The Morgan fingerprint density at radius 2 is 1.88 bits per heavy atom. The van der Waals surface area contributed by atoms with Gasteiger partial charge in [0.15, 0.2) is 0 Å². The smallest absolute Gasteiger partial charge is 0.0756 e. The van der Waals surface area contributed by atoms with Crippen LogP contribution in [0.3, 0.4) is 0 Å². The zero-order valence-corrected chi connectivity index (χ0v) is 11.6. The van der Waals surface area contributed by atoms with E-state index in [1.165, 1.54) is 31.4 Å². The largest absolute Gasteiger partial charge is 0.309 e. The van der Waals surface area contributed by atoms with E-state index in [0.717, 1.165) is 6.54 Å². The molecule has 0 amide bonds. The van der Waals surface area contributed by atoms with Gasteiger partial charge in [0.2, 0.25) is 0 Å². The zero-order valence-electron chi connectivity index (χ0n) is 11.6. The van der Waals surface area contributed by atoms with E-state index in [1.54, 1.807) is 0 Å². The molecule has 0 saturated heterocycles. The maximum Gasteiger partial charge on any atom is 0.0756 e. The lowest BCUT2D eigenvalue weighted by Gasteiger charge is -2.27. The third-order valence-corrected chi connectivity index (χ3v) is 3.28. The van der Waals surface area contributed by atoms with Gasteiger partial charge in [-0.2, -0.15) is 0 Å². The van der Waals surface area contributed by atoms with Crippen LogP contribution in [-0.4, -0.2) is 21.5 Å². The fourth-order valence-corrected chi connectivity index (χ4v) is 2.53. The Bertz CT molecular complexity index is 302. The standard InChI is InChI=1S/C13H26N4/c1-5-8-11(9-6-2)13(14-7-3)12-10-15-16-17(12)4/h10-11,13-14H,5-9H2,1-4H3. The molecular formula is C13H26N4. The minimum absolute atomic E-state index is 0.389. The van der Waals surface area contributed by atoms with Crippen LogP contribution in [0, 0.1) is 5.92 Å². The Labute approximate surface area is 105 Å². The van der Waals surface area contributed by atoms with Crippen LogP contribution in [0.2, 0.25) is 0 Å². The van der Waals surface area contributed by atoms with Crippen molar-refractivity contribution < 1.29 is 0 Å². The molecule has 1 N–H and O–H groups in total. The lowest BCUT2D eigenvalue weighted by Crippen LogP contribution is -2.30. The van der Waals surface area contributed by atoms with E-state index in [0.29, 0.717) is 12.0 Å². The normalized spacial score (nSPS) is 13.2. The molecule has 1 aromatic rings. The molecule has 1 heterocycles. The number of hydrogen-bond acceptors (Lipinski definition) is 3. The lowest BCUT2D eigenvalue weighted by molar-refractivity contribution is 0.308. The number of aromatic nitrogens is 3. The molecule has 1 atom stereocenters. The average molecular weight is 238 g/mol. The molecule has 98 valence electrons. The Morgan fingerprint density at radius 1 is 1.24 bits per heavy atom. The van der Waals surface area contributed by atoms with Crippen LogP contribution in [-0.2, 0) is 7.05 Å². The van der Waals surface area contributed by atoms with Gasteiger partial charge in [-0.15, -0.1) is 5.10 Å². The zero-order chi connectivity index (χ0) is 12.7. The van der Waals surface area contributed by atoms with Crippen LogP contribution in [0.15, 0.2) is 6.20 Å². The topological polar surface area (TPSA) is 42.7 Å². The Hall–Kier alpha value is -0.900. The summed E-state index contributed by atoms with van der Waals surface area (Å²) in [6.07, 6.45) is 6.88. The average Bonchev–Trinajstić information content (AvgIpc) is 2.72. The first-order valence-corrected chi connectivity index (χ1v) is 6.82. The summed E-state index contributed by atoms with van der Waals surface area (Å²) in [4.78, 5) is 0. The molecule has 0 aromatic carbocycles. The Morgan fingerprint density at radius 3 is 2.29 bits per heavy atom. The van der Waals surface area contributed by atoms with Crippen LogP contribution in [0.1, 0.15) is 58.2 Å². The predicted octanol–water partition coefficient (Wildman–Crippen LogP) is 2.68. The summed E-state index contributed by atoms with van der Waals surface area (Å²) < 4.78 is 1.89. The molecule has 0 aliphatic heterocycles. The highest BCUT2D eigenvalue weighted by atomic mass is 15.4. The van der Waals surface area contributed by atoms with Crippen molar-refractivity contribution in [2.24, 2.45) is 13.0 Å². The Balaban J connectivity index is 2.85. The van der Waals surface area contributed by atoms with Crippen molar-refractivity contribution in [2.45, 2.75) is 52.5 Å². The van der Waals surface area contributed by atoms with Gasteiger partial charge in [-0.25, -0.2) is 0 Å². The summed E-state index contributed by atoms with van der Waals surface area (Å²) in [5.41, 5.74) is 1.21. The fraction of sp³-hybridized carbons (Fsp3) is 0.846. The highest BCUT2D eigenvalue weighted by molar-refractivity contribution is 5.04. The molecule has 1 rings (SSSR count). The summed E-state index contributed by atoms with van der Waals surface area (Å²) in [6, 6.07) is 0.389. The third kappa shape index (κ3) is 3.80. The second-order valence-corrected chi connectivity index (χ2v) is 4.66. The van der Waals surface area contributed by atoms with Gasteiger partial charge in [-0.3, -0.25) is 4.68 Å². The SMILES string of the molecule is CCCC(CCC)C(NCC)c1cnnn1C. The lowest BCUT2D eigenvalue weighted by atomic mass is 9.88. The molecule has 0 bridgehead atoms. The first kappa shape index (κ1) is 14.2. The van der Waals surface area contributed by atoms with Gasteiger partial charge in [-0.1, -0.05) is 38.8 Å². The first-order chi connectivity index (χ1) is 8.24. The molecule has 0 spiro atoms. The molecule has 0 saturated carbocycles. The maximum atomic E-state index is 4.05. The molecule has 0 radical (unpaired) electrons. The van der Waals surface area contributed by atoms with Gasteiger partial charge in [0.1, 0.15) is 0 Å². The minimum Gasteiger partial charge on any atom is -0.309 e. The molecule has 0 fully saturated rings. The number of nitrogens with zero attached hydrogens (tertiary/aromatic N) is 3. The van der Waals surface area contributed by atoms with Crippen molar-refractivity contribution in [3.8, 4) is 0 Å². The maximum absolute atomic E-state index is 4.05. The molecule has 0 aliphatic rings. The van der Waals surface area contributed by atoms with Gasteiger partial charge in [-0.05, 0) is 25.3 Å². The van der Waals surface area contributed by atoms with Crippen LogP contribution in [0.25, 0.3) is 0 Å². The summed E-state index contributed by atoms with van der Waals surface area (Å²) in [7, 11) is 1.97. The van der Waals surface area contributed by atoms with Crippen LogP contribution >= 0.6 is 0 Å². The number of hydrogen-bond donors (Lipinski definition) is 1. The van der Waals surface area contributed by atoms with Crippen molar-refractivity contribution in [3.05, 3.63) is 11.9 Å². The number of rotatable bonds is 8. The van der Waals surface area contributed by atoms with Crippen molar-refractivity contribution in [2.75, 3.05) is 6.54 Å². The van der Waals surface area contributed by atoms with Crippen molar-refractivity contribution in [1.29, 1.82) is 0 Å². The summed E-state index contributed by atoms with van der Waals surface area (Å²) in [5.74, 6) is 0.683. The molecule has 1 unspecified atom stereocenters. The summed E-state index contributed by atoms with van der Waals surface area (Å²) in [6.45, 7) is 7.66. The van der Waals surface area contributed by atoms with Crippen molar-refractivity contribution >= 4 is 0 Å². The highest BCUT2D eigenvalue weighted by Crippen LogP contribution is 2.28. The molecule has 4 nitrogen and oxygen atoms in total. The second kappa shape index (κ2) is 7.43. The van der Waals surface area contributed by atoms with Crippen LogP contribution in [0.5, 0.6) is 0 Å². The van der Waals surface area contributed by atoms with Gasteiger partial charge < -0.3 is 5.32 Å². The summed E-state index contributed by atoms with van der Waals surface area (Å²) in [5, 5.41) is 11.6. The van der Waals surface area contributed by atoms with Gasteiger partial charge in [0.25, 0.3) is 0 Å². The molecular weight excluding hydrogens is 212 g/mol. The summed E-state index contributed by atoms with van der Waals surface area (Å²) >= 11 is 0. The van der Waals surface area contributed by atoms with E-state index < -0.39 is 0 Å². The monoisotopic (exact) mass is 238 g/mol. The quantitative estimate of drug-likeness (QED) is 0.757. The minimum atomic E-state index is 0.389. The second-order valence-electron chi connectivity index (χ2n) is 4.66. The van der Waals surface area contributed by atoms with E-state index in [9.17, 15) is 0 Å². The highest BCUT2D eigenvalue weighted by Gasteiger charge is 2.23. The van der Waals surface area contributed by atoms with Gasteiger partial charge >= 0.3 is 0 Å². The number of nitrogens with one attached hydrogen (secondary N) is 1. The van der Waals surface area contributed by atoms with Crippen LogP contribution in [0.4, 0.5) is 0 Å². The predicted molar refractivity (Wildman–Crippen MR) is 70.7 cm³/mol. The molecule has 1 aromatic heterocycles. The van der Waals surface area contributed by atoms with E-state index in [4.69, 9.17) is 0 Å². The van der Waals surface area contributed by atoms with Gasteiger partial charge in [0.05, 0.1) is 17.9 Å². The molecule has 4 heteroatoms. The first-order valence-electron chi connectivity index (χ1n) is 6.82. The van der Waals surface area contributed by atoms with Crippen molar-refractivity contribution in [3.63, 3.8) is 0 Å². The van der Waals surface area contributed by atoms with Crippen molar-refractivity contribution in [1.82, 2.24) is 20.3 Å². The molecule has 17 heavy (non-hydrogen) atoms. The van der Waals surface area contributed by atoms with Crippen LogP contribution < -0.4 is 5.32 Å². The van der Waals surface area contributed by atoms with E-state index in [1.807, 2.05) is 17.9 Å². The van der Waals surface area contributed by atoms with E-state index >= 15 is 0 Å². The fourth-order valence-electron chi connectivity index (χ4n) is 2.53.